The second-order valence-corrected chi connectivity index (χ2v) is 6.79. The first-order chi connectivity index (χ1) is 12.3. The summed E-state index contributed by atoms with van der Waals surface area (Å²) in [7, 11) is 0. The number of pyridine rings is 1. The Morgan fingerprint density at radius 2 is 1.68 bits per heavy atom. The summed E-state index contributed by atoms with van der Waals surface area (Å²) in [4.78, 5) is 6.11. The Kier molecular flexibility index (Phi) is 4.20. The Bertz CT molecular complexity index is 1020. The second-order valence-electron chi connectivity index (χ2n) is 5.91. The van der Waals surface area contributed by atoms with Crippen LogP contribution in [-0.4, -0.2) is 15.6 Å². The van der Waals surface area contributed by atoms with E-state index in [1.54, 1.807) is 11.8 Å². The minimum atomic E-state index is 0.933. The number of benzene rings is 2. The molecule has 2 heterocycles. The van der Waals surface area contributed by atoms with E-state index in [4.69, 9.17) is 4.98 Å². The van der Waals surface area contributed by atoms with E-state index >= 15 is 0 Å². The first kappa shape index (κ1) is 15.8. The second kappa shape index (κ2) is 6.65. The minimum absolute atomic E-state index is 0.933. The van der Waals surface area contributed by atoms with E-state index in [0.29, 0.717) is 0 Å². The maximum atomic E-state index is 4.86. The third kappa shape index (κ3) is 3.01. The molecule has 1 N–H and O–H groups in total. The molecule has 0 fully saturated rings. The highest BCUT2D eigenvalue weighted by Crippen LogP contribution is 2.32. The van der Waals surface area contributed by atoms with Crippen molar-refractivity contribution >= 4 is 28.9 Å². The summed E-state index contributed by atoms with van der Waals surface area (Å²) >= 11 is 1.75. The van der Waals surface area contributed by atoms with Crippen LogP contribution in [0.2, 0.25) is 0 Å². The number of rotatable bonds is 4. The number of hydrogen-bond acceptors (Lipinski definition) is 3. The van der Waals surface area contributed by atoms with Crippen LogP contribution in [0.15, 0.2) is 77.8 Å². The Morgan fingerprint density at radius 1 is 0.920 bits per heavy atom. The molecule has 0 bridgehead atoms. The van der Waals surface area contributed by atoms with Gasteiger partial charge in [-0.3, -0.25) is 4.40 Å². The average Bonchev–Trinajstić information content (AvgIpc) is 3.02. The van der Waals surface area contributed by atoms with E-state index in [1.165, 1.54) is 10.5 Å². The number of nitrogens with zero attached hydrogens (tertiary/aromatic N) is 2. The number of thioether (sulfide) groups is 1. The largest absolute Gasteiger partial charge is 0.339 e. The van der Waals surface area contributed by atoms with Gasteiger partial charge < -0.3 is 5.32 Å². The van der Waals surface area contributed by atoms with Crippen LogP contribution in [0.3, 0.4) is 0 Å². The van der Waals surface area contributed by atoms with Crippen LogP contribution >= 0.6 is 11.8 Å². The molecule has 4 aromatic rings. The molecule has 25 heavy (non-hydrogen) atoms. The van der Waals surface area contributed by atoms with E-state index in [0.717, 1.165) is 28.4 Å². The molecule has 124 valence electrons. The molecule has 0 saturated carbocycles. The van der Waals surface area contributed by atoms with Crippen LogP contribution in [0, 0.1) is 6.92 Å². The predicted molar refractivity (Wildman–Crippen MR) is 107 cm³/mol. The number of nitrogens with one attached hydrogen (secondary N) is 1. The monoisotopic (exact) mass is 345 g/mol. The van der Waals surface area contributed by atoms with Gasteiger partial charge in [0.2, 0.25) is 0 Å². The maximum Gasteiger partial charge on any atom is 0.143 e. The van der Waals surface area contributed by atoms with Gasteiger partial charge in [0.15, 0.2) is 0 Å². The molecule has 0 radical (unpaired) electrons. The highest BCUT2D eigenvalue weighted by atomic mass is 32.2. The number of anilines is 2. The molecule has 0 aliphatic rings. The molecule has 2 aromatic carbocycles. The van der Waals surface area contributed by atoms with Gasteiger partial charge in [-0.2, -0.15) is 0 Å². The van der Waals surface area contributed by atoms with Crippen molar-refractivity contribution in [2.75, 3.05) is 11.6 Å². The van der Waals surface area contributed by atoms with Crippen molar-refractivity contribution < 1.29 is 0 Å². The van der Waals surface area contributed by atoms with E-state index < -0.39 is 0 Å². The smallest absolute Gasteiger partial charge is 0.143 e. The van der Waals surface area contributed by atoms with Gasteiger partial charge in [-0.05, 0) is 49.1 Å². The van der Waals surface area contributed by atoms with Crippen LogP contribution < -0.4 is 5.32 Å². The van der Waals surface area contributed by atoms with E-state index in [-0.39, 0.29) is 0 Å². The highest BCUT2D eigenvalue weighted by molar-refractivity contribution is 7.98. The molecule has 0 amide bonds. The van der Waals surface area contributed by atoms with Crippen molar-refractivity contribution in [3.8, 4) is 11.3 Å². The maximum absolute atomic E-state index is 4.86. The molecule has 2 aromatic heterocycles. The van der Waals surface area contributed by atoms with Crippen molar-refractivity contribution in [2.24, 2.45) is 0 Å². The first-order valence-corrected chi connectivity index (χ1v) is 9.43. The number of aryl methyl sites for hydroxylation is 1. The molecule has 0 aliphatic heterocycles. The fourth-order valence-corrected chi connectivity index (χ4v) is 3.31. The van der Waals surface area contributed by atoms with Crippen LogP contribution in [0.4, 0.5) is 11.5 Å². The summed E-state index contributed by atoms with van der Waals surface area (Å²) in [6.45, 7) is 2.11. The van der Waals surface area contributed by atoms with Gasteiger partial charge >= 0.3 is 0 Å². The fraction of sp³-hybridized carbons (Fsp3) is 0.0952. The van der Waals surface area contributed by atoms with Gasteiger partial charge in [-0.15, -0.1) is 11.8 Å². The van der Waals surface area contributed by atoms with Crippen LogP contribution in [0.1, 0.15) is 5.56 Å². The number of fused-ring (bicyclic) bond motifs is 1. The lowest BCUT2D eigenvalue weighted by atomic mass is 10.1. The normalized spacial score (nSPS) is 11.0. The number of hydrogen-bond donors (Lipinski definition) is 1. The predicted octanol–water partition coefficient (Wildman–Crippen LogP) is 5.78. The Morgan fingerprint density at radius 3 is 2.44 bits per heavy atom. The van der Waals surface area contributed by atoms with Gasteiger partial charge in [-0.1, -0.05) is 36.4 Å². The fourth-order valence-electron chi connectivity index (χ4n) is 2.91. The number of imidazole rings is 1. The highest BCUT2D eigenvalue weighted by Gasteiger charge is 2.14. The molecule has 3 nitrogen and oxygen atoms in total. The zero-order valence-electron chi connectivity index (χ0n) is 14.2. The van der Waals surface area contributed by atoms with E-state index in [9.17, 15) is 0 Å². The van der Waals surface area contributed by atoms with Crippen molar-refractivity contribution in [3.63, 3.8) is 0 Å². The summed E-state index contributed by atoms with van der Waals surface area (Å²) in [5.41, 5.74) is 5.30. The van der Waals surface area contributed by atoms with E-state index in [1.807, 2.05) is 30.5 Å². The number of aromatic nitrogens is 2. The van der Waals surface area contributed by atoms with Gasteiger partial charge in [0.25, 0.3) is 0 Å². The van der Waals surface area contributed by atoms with Gasteiger partial charge in [0.05, 0.1) is 0 Å². The Hall–Kier alpha value is -2.72. The zero-order valence-corrected chi connectivity index (χ0v) is 15.0. The molecule has 0 spiro atoms. The molecule has 4 rings (SSSR count). The van der Waals surface area contributed by atoms with Crippen molar-refractivity contribution in [1.29, 1.82) is 0 Å². The quantitative estimate of drug-likeness (QED) is 0.476. The van der Waals surface area contributed by atoms with Crippen molar-refractivity contribution in [1.82, 2.24) is 9.38 Å². The van der Waals surface area contributed by atoms with Crippen LogP contribution in [0.5, 0.6) is 0 Å². The summed E-state index contributed by atoms with van der Waals surface area (Å²) in [5, 5.41) is 3.59. The average molecular weight is 345 g/mol. The summed E-state index contributed by atoms with van der Waals surface area (Å²) in [6.07, 6.45) is 4.13. The molecular weight excluding hydrogens is 326 g/mol. The molecule has 0 saturated heterocycles. The lowest BCUT2D eigenvalue weighted by Gasteiger charge is -2.11. The lowest BCUT2D eigenvalue weighted by molar-refractivity contribution is 1.18. The molecule has 4 heteroatoms. The van der Waals surface area contributed by atoms with E-state index in [2.05, 4.69) is 65.4 Å². The van der Waals surface area contributed by atoms with Gasteiger partial charge in [0.1, 0.15) is 17.2 Å². The van der Waals surface area contributed by atoms with Crippen molar-refractivity contribution in [2.45, 2.75) is 11.8 Å². The van der Waals surface area contributed by atoms with Crippen LogP contribution in [-0.2, 0) is 0 Å². The standard InChI is InChI=1S/C21H19N3S/c1-15-7-3-4-8-18(15)22-21-20(16-10-12-17(25-2)13-11-16)23-19-9-5-6-14-24(19)21/h3-14,22H,1-2H3. The summed E-state index contributed by atoms with van der Waals surface area (Å²) in [6, 6.07) is 22.9. The van der Waals surface area contributed by atoms with Crippen molar-refractivity contribution in [3.05, 3.63) is 78.5 Å². The summed E-state index contributed by atoms with van der Waals surface area (Å²) in [5.74, 6) is 0.988. The number of para-hydroxylation sites is 1. The Balaban J connectivity index is 1.87. The zero-order chi connectivity index (χ0) is 17.2. The van der Waals surface area contributed by atoms with Crippen LogP contribution in [0.25, 0.3) is 16.9 Å². The van der Waals surface area contributed by atoms with Gasteiger partial charge in [0, 0.05) is 22.3 Å². The minimum Gasteiger partial charge on any atom is -0.339 e. The topological polar surface area (TPSA) is 29.3 Å². The molecule has 0 unspecified atom stereocenters. The molecular formula is C21H19N3S. The first-order valence-electron chi connectivity index (χ1n) is 8.20. The molecule has 0 atom stereocenters. The third-order valence-electron chi connectivity index (χ3n) is 4.29. The lowest BCUT2D eigenvalue weighted by Crippen LogP contribution is -1.98. The van der Waals surface area contributed by atoms with Gasteiger partial charge in [-0.25, -0.2) is 4.98 Å². The SMILES string of the molecule is CSc1ccc(-c2nc3ccccn3c2Nc2ccccc2C)cc1. The molecule has 0 aliphatic carbocycles. The summed E-state index contributed by atoms with van der Waals surface area (Å²) < 4.78 is 2.10. The third-order valence-corrected chi connectivity index (χ3v) is 5.04. The Labute approximate surface area is 151 Å².